The van der Waals surface area contributed by atoms with Crippen molar-refractivity contribution in [1.82, 2.24) is 9.88 Å². The largest absolute Gasteiger partial charge is 0.497 e. The van der Waals surface area contributed by atoms with Crippen LogP contribution in [-0.2, 0) is 0 Å². The van der Waals surface area contributed by atoms with E-state index < -0.39 is 0 Å². The summed E-state index contributed by atoms with van der Waals surface area (Å²) < 4.78 is 17.3. The van der Waals surface area contributed by atoms with Crippen molar-refractivity contribution in [2.24, 2.45) is 0 Å². The lowest BCUT2D eigenvalue weighted by atomic mass is 10.1. The molecule has 1 aliphatic rings. The van der Waals surface area contributed by atoms with E-state index >= 15 is 0 Å². The summed E-state index contributed by atoms with van der Waals surface area (Å²) >= 11 is 1.67. The van der Waals surface area contributed by atoms with Crippen LogP contribution in [0.15, 0.2) is 30.3 Å². The van der Waals surface area contributed by atoms with Gasteiger partial charge in [-0.15, -0.1) is 0 Å². The predicted molar refractivity (Wildman–Crippen MR) is 119 cm³/mol. The monoisotopic (exact) mass is 427 g/mol. The average Bonchev–Trinajstić information content (AvgIpc) is 3.25. The molecule has 0 N–H and O–H groups in total. The molecule has 3 aromatic rings. The molecule has 0 atom stereocenters. The number of aryl methyl sites for hydroxylation is 1. The summed E-state index contributed by atoms with van der Waals surface area (Å²) in [6, 6.07) is 9.30. The van der Waals surface area contributed by atoms with Crippen molar-refractivity contribution in [3.05, 3.63) is 41.5 Å². The fourth-order valence-corrected chi connectivity index (χ4v) is 4.75. The minimum atomic E-state index is -0.0489. The van der Waals surface area contributed by atoms with Crippen molar-refractivity contribution >= 4 is 32.6 Å². The smallest absolute Gasteiger partial charge is 0.257 e. The molecule has 0 bridgehead atoms. The third kappa shape index (κ3) is 3.63. The van der Waals surface area contributed by atoms with Gasteiger partial charge in [-0.3, -0.25) is 4.79 Å². The maximum Gasteiger partial charge on any atom is 0.257 e. The number of ether oxygens (including phenoxy) is 3. The van der Waals surface area contributed by atoms with E-state index in [1.807, 2.05) is 11.0 Å². The number of amides is 1. The number of piperazine rings is 1. The van der Waals surface area contributed by atoms with E-state index in [4.69, 9.17) is 19.2 Å². The molecule has 30 heavy (non-hydrogen) atoms. The van der Waals surface area contributed by atoms with Crippen LogP contribution in [-0.4, -0.2) is 63.3 Å². The highest BCUT2D eigenvalue weighted by atomic mass is 32.1. The third-order valence-electron chi connectivity index (χ3n) is 5.39. The van der Waals surface area contributed by atoms with Crippen LogP contribution < -0.4 is 19.1 Å². The maximum absolute atomic E-state index is 13.1. The zero-order chi connectivity index (χ0) is 21.3. The van der Waals surface area contributed by atoms with Gasteiger partial charge in [-0.25, -0.2) is 4.98 Å². The van der Waals surface area contributed by atoms with Gasteiger partial charge in [0.2, 0.25) is 0 Å². The minimum Gasteiger partial charge on any atom is -0.497 e. The number of aromatic nitrogens is 1. The van der Waals surface area contributed by atoms with Crippen molar-refractivity contribution in [3.8, 4) is 17.2 Å². The van der Waals surface area contributed by atoms with E-state index in [0.717, 1.165) is 34.2 Å². The Labute approximate surface area is 179 Å². The average molecular weight is 428 g/mol. The minimum absolute atomic E-state index is 0.0489. The van der Waals surface area contributed by atoms with E-state index in [-0.39, 0.29) is 5.91 Å². The lowest BCUT2D eigenvalue weighted by molar-refractivity contribution is 0.0743. The predicted octanol–water partition coefficient (Wildman–Crippen LogP) is 3.59. The van der Waals surface area contributed by atoms with Crippen LogP contribution in [0.3, 0.4) is 0 Å². The quantitative estimate of drug-likeness (QED) is 0.620. The van der Waals surface area contributed by atoms with Gasteiger partial charge in [0.1, 0.15) is 22.8 Å². The normalized spacial score (nSPS) is 14.1. The van der Waals surface area contributed by atoms with Crippen LogP contribution >= 0.6 is 11.3 Å². The van der Waals surface area contributed by atoms with Gasteiger partial charge in [-0.1, -0.05) is 17.4 Å². The van der Waals surface area contributed by atoms with E-state index in [1.54, 1.807) is 50.9 Å². The van der Waals surface area contributed by atoms with Gasteiger partial charge in [0.15, 0.2) is 5.13 Å². The molecule has 2 aromatic carbocycles. The first kappa shape index (κ1) is 20.3. The van der Waals surface area contributed by atoms with Gasteiger partial charge in [-0.05, 0) is 36.8 Å². The summed E-state index contributed by atoms with van der Waals surface area (Å²) in [6.07, 6.45) is 0. The molecule has 1 amide bonds. The molecule has 158 valence electrons. The van der Waals surface area contributed by atoms with E-state index in [2.05, 4.69) is 17.9 Å². The molecule has 0 spiro atoms. The standard InChI is InChI=1S/C22H25N3O4S/c1-14-5-7-18(29-4)19-20(14)30-22(23-19)25-11-9-24(10-12-25)21(26)16-13-15(27-2)6-8-17(16)28-3/h5-8,13H,9-12H2,1-4H3. The zero-order valence-electron chi connectivity index (χ0n) is 17.6. The lowest BCUT2D eigenvalue weighted by Crippen LogP contribution is -2.48. The van der Waals surface area contributed by atoms with Gasteiger partial charge >= 0.3 is 0 Å². The van der Waals surface area contributed by atoms with Gasteiger partial charge in [0.25, 0.3) is 5.91 Å². The number of carbonyl (C=O) groups is 1. The second-order valence-corrected chi connectivity index (χ2v) is 8.08. The zero-order valence-corrected chi connectivity index (χ0v) is 18.4. The number of thiazole rings is 1. The first-order valence-corrected chi connectivity index (χ1v) is 10.6. The van der Waals surface area contributed by atoms with Crippen LogP contribution in [0.5, 0.6) is 17.2 Å². The van der Waals surface area contributed by atoms with Crippen molar-refractivity contribution in [1.29, 1.82) is 0 Å². The number of methoxy groups -OCH3 is 3. The Kier molecular flexibility index (Phi) is 5.67. The molecule has 0 radical (unpaired) electrons. The summed E-state index contributed by atoms with van der Waals surface area (Å²) in [5.41, 5.74) is 2.61. The Hall–Kier alpha value is -3.00. The SMILES string of the molecule is COc1ccc(OC)c(C(=O)N2CCN(c3nc4c(OC)ccc(C)c4s3)CC2)c1. The first-order valence-electron chi connectivity index (χ1n) is 9.76. The molecule has 2 heterocycles. The van der Waals surface area contributed by atoms with Crippen molar-refractivity contribution in [3.63, 3.8) is 0 Å². The molecular formula is C22H25N3O4S. The second-order valence-electron chi connectivity index (χ2n) is 7.10. The molecule has 1 saturated heterocycles. The lowest BCUT2D eigenvalue weighted by Gasteiger charge is -2.34. The molecule has 7 nitrogen and oxygen atoms in total. The summed E-state index contributed by atoms with van der Waals surface area (Å²) in [7, 11) is 4.82. The molecule has 0 aliphatic carbocycles. The van der Waals surface area contributed by atoms with Crippen molar-refractivity contribution in [2.75, 3.05) is 52.4 Å². The number of hydrogen-bond donors (Lipinski definition) is 0. The summed E-state index contributed by atoms with van der Waals surface area (Å²) in [5, 5.41) is 0.962. The second kappa shape index (κ2) is 8.39. The summed E-state index contributed by atoms with van der Waals surface area (Å²) in [6.45, 7) is 4.76. The fraction of sp³-hybridized carbons (Fsp3) is 0.364. The maximum atomic E-state index is 13.1. The Bertz CT molecular complexity index is 1070. The highest BCUT2D eigenvalue weighted by Gasteiger charge is 2.26. The van der Waals surface area contributed by atoms with E-state index in [9.17, 15) is 4.79 Å². The van der Waals surface area contributed by atoms with E-state index in [0.29, 0.717) is 30.2 Å². The molecule has 1 aromatic heterocycles. The summed E-state index contributed by atoms with van der Waals surface area (Å²) in [4.78, 5) is 22.0. The van der Waals surface area contributed by atoms with Gasteiger partial charge in [0.05, 0.1) is 31.6 Å². The van der Waals surface area contributed by atoms with Gasteiger partial charge in [-0.2, -0.15) is 0 Å². The van der Waals surface area contributed by atoms with Crippen LogP contribution in [0.4, 0.5) is 5.13 Å². The van der Waals surface area contributed by atoms with Crippen LogP contribution in [0.2, 0.25) is 0 Å². The number of rotatable bonds is 5. The van der Waals surface area contributed by atoms with Crippen LogP contribution in [0.25, 0.3) is 10.2 Å². The number of carbonyl (C=O) groups excluding carboxylic acids is 1. The molecule has 0 saturated carbocycles. The third-order valence-corrected chi connectivity index (χ3v) is 6.64. The Balaban J connectivity index is 1.51. The van der Waals surface area contributed by atoms with Crippen LogP contribution in [0, 0.1) is 6.92 Å². The first-order chi connectivity index (χ1) is 14.5. The molecule has 8 heteroatoms. The number of fused-ring (bicyclic) bond motifs is 1. The molecular weight excluding hydrogens is 402 g/mol. The highest BCUT2D eigenvalue weighted by molar-refractivity contribution is 7.22. The fourth-order valence-electron chi connectivity index (χ4n) is 3.65. The Morgan fingerprint density at radius 2 is 1.67 bits per heavy atom. The van der Waals surface area contributed by atoms with Gasteiger partial charge in [0, 0.05) is 26.2 Å². The van der Waals surface area contributed by atoms with Crippen molar-refractivity contribution in [2.45, 2.75) is 6.92 Å². The molecule has 1 aliphatic heterocycles. The topological polar surface area (TPSA) is 64.1 Å². The number of anilines is 1. The van der Waals surface area contributed by atoms with E-state index in [1.165, 1.54) is 5.56 Å². The number of nitrogens with zero attached hydrogens (tertiary/aromatic N) is 3. The number of hydrogen-bond acceptors (Lipinski definition) is 7. The summed E-state index contributed by atoms with van der Waals surface area (Å²) in [5.74, 6) is 1.93. The molecule has 0 unspecified atom stereocenters. The van der Waals surface area contributed by atoms with Crippen LogP contribution in [0.1, 0.15) is 15.9 Å². The Morgan fingerprint density at radius 3 is 2.33 bits per heavy atom. The Morgan fingerprint density at radius 1 is 0.967 bits per heavy atom. The molecule has 4 rings (SSSR count). The molecule has 1 fully saturated rings. The van der Waals surface area contributed by atoms with Gasteiger partial charge < -0.3 is 24.0 Å². The van der Waals surface area contributed by atoms with Crippen molar-refractivity contribution < 1.29 is 19.0 Å². The highest BCUT2D eigenvalue weighted by Crippen LogP contribution is 2.36. The number of benzene rings is 2.